The van der Waals surface area contributed by atoms with E-state index in [0.717, 1.165) is 12.8 Å². The first-order valence-electron chi connectivity index (χ1n) is 5.75. The molecule has 0 atom stereocenters. The molecule has 2 N–H and O–H groups in total. The van der Waals surface area contributed by atoms with Gasteiger partial charge in [0.2, 0.25) is 0 Å². The molecule has 1 aromatic carbocycles. The maximum absolute atomic E-state index is 12.6. The molecule has 2 rings (SSSR count). The third kappa shape index (κ3) is 3.59. The van der Waals surface area contributed by atoms with E-state index < -0.39 is 0 Å². The van der Waals surface area contributed by atoms with E-state index in [1.807, 2.05) is 0 Å². The van der Waals surface area contributed by atoms with Gasteiger partial charge in [-0.1, -0.05) is 5.57 Å². The van der Waals surface area contributed by atoms with Crippen LogP contribution in [0.4, 0.5) is 14.9 Å². The number of nitrogens with one attached hydrogen (secondary N) is 2. The Hall–Kier alpha value is -1.84. The van der Waals surface area contributed by atoms with Crippen LogP contribution in [0.2, 0.25) is 0 Å². The van der Waals surface area contributed by atoms with E-state index in [2.05, 4.69) is 10.6 Å². The summed E-state index contributed by atoms with van der Waals surface area (Å²) in [6.45, 7) is 0. The first kappa shape index (κ1) is 11.6. The second kappa shape index (κ2) is 5.48. The second-order valence-corrected chi connectivity index (χ2v) is 4.12. The van der Waals surface area contributed by atoms with Crippen LogP contribution < -0.4 is 10.6 Å². The van der Waals surface area contributed by atoms with E-state index >= 15 is 0 Å². The Balaban J connectivity index is 1.84. The quantitative estimate of drug-likeness (QED) is 0.809. The van der Waals surface area contributed by atoms with Crippen molar-refractivity contribution >= 4 is 11.7 Å². The van der Waals surface area contributed by atoms with Gasteiger partial charge < -0.3 is 10.6 Å². The molecule has 17 heavy (non-hydrogen) atoms. The fourth-order valence-electron chi connectivity index (χ4n) is 1.84. The highest BCUT2D eigenvalue weighted by Gasteiger charge is 2.06. The molecular weight excluding hydrogens is 219 g/mol. The van der Waals surface area contributed by atoms with Crippen molar-refractivity contribution in [2.24, 2.45) is 0 Å². The van der Waals surface area contributed by atoms with Crippen LogP contribution in [0.15, 0.2) is 36.0 Å². The fourth-order valence-corrected chi connectivity index (χ4v) is 1.84. The predicted molar refractivity (Wildman–Crippen MR) is 65.1 cm³/mol. The van der Waals surface area contributed by atoms with Crippen molar-refractivity contribution in [2.45, 2.75) is 25.7 Å². The minimum Gasteiger partial charge on any atom is -0.314 e. The SMILES string of the molecule is O=C(NC=C1CCCC1)Nc1ccc(F)cc1. The number of hydrogen-bond donors (Lipinski definition) is 2. The third-order valence-corrected chi connectivity index (χ3v) is 2.76. The lowest BCUT2D eigenvalue weighted by molar-refractivity contribution is 0.255. The number of allylic oxidation sites excluding steroid dienone is 1. The number of carbonyl (C=O) groups is 1. The van der Waals surface area contributed by atoms with Gasteiger partial charge in [0.15, 0.2) is 0 Å². The Labute approximate surface area is 99.7 Å². The van der Waals surface area contributed by atoms with Gasteiger partial charge in [-0.2, -0.15) is 0 Å². The van der Waals surface area contributed by atoms with Crippen molar-refractivity contribution < 1.29 is 9.18 Å². The van der Waals surface area contributed by atoms with E-state index in [9.17, 15) is 9.18 Å². The van der Waals surface area contributed by atoms with E-state index in [-0.39, 0.29) is 11.8 Å². The first-order valence-corrected chi connectivity index (χ1v) is 5.75. The lowest BCUT2D eigenvalue weighted by Crippen LogP contribution is -2.24. The first-order chi connectivity index (χ1) is 8.24. The summed E-state index contributed by atoms with van der Waals surface area (Å²) in [6, 6.07) is 5.38. The zero-order valence-electron chi connectivity index (χ0n) is 9.50. The maximum atomic E-state index is 12.6. The van der Waals surface area contributed by atoms with Gasteiger partial charge in [-0.3, -0.25) is 0 Å². The van der Waals surface area contributed by atoms with Crippen LogP contribution in [0.3, 0.4) is 0 Å². The number of rotatable bonds is 2. The molecule has 0 spiro atoms. The number of benzene rings is 1. The van der Waals surface area contributed by atoms with Crippen molar-refractivity contribution in [1.29, 1.82) is 0 Å². The van der Waals surface area contributed by atoms with E-state index in [0.29, 0.717) is 5.69 Å². The largest absolute Gasteiger partial charge is 0.323 e. The molecule has 0 heterocycles. The van der Waals surface area contributed by atoms with E-state index in [1.165, 1.54) is 42.7 Å². The van der Waals surface area contributed by atoms with Gasteiger partial charge in [0.05, 0.1) is 0 Å². The minimum absolute atomic E-state index is 0.295. The molecule has 1 fully saturated rings. The van der Waals surface area contributed by atoms with Crippen molar-refractivity contribution in [3.63, 3.8) is 0 Å². The lowest BCUT2D eigenvalue weighted by Gasteiger charge is -2.05. The zero-order valence-corrected chi connectivity index (χ0v) is 9.50. The molecular formula is C13H15FN2O. The monoisotopic (exact) mass is 234 g/mol. The molecule has 0 unspecified atom stereocenters. The Morgan fingerprint density at radius 3 is 2.47 bits per heavy atom. The van der Waals surface area contributed by atoms with Gasteiger partial charge in [-0.25, -0.2) is 9.18 Å². The topological polar surface area (TPSA) is 41.1 Å². The molecule has 1 aliphatic rings. The van der Waals surface area contributed by atoms with Gasteiger partial charge in [0, 0.05) is 11.9 Å². The van der Waals surface area contributed by atoms with Crippen LogP contribution in [0.1, 0.15) is 25.7 Å². The summed E-state index contributed by atoms with van der Waals surface area (Å²) < 4.78 is 12.6. The molecule has 0 bridgehead atoms. The van der Waals surface area contributed by atoms with Crippen molar-refractivity contribution in [3.8, 4) is 0 Å². The summed E-state index contributed by atoms with van der Waals surface area (Å²) in [5.74, 6) is -0.316. The van der Waals surface area contributed by atoms with Crippen molar-refractivity contribution in [1.82, 2.24) is 5.32 Å². The van der Waals surface area contributed by atoms with Crippen molar-refractivity contribution in [3.05, 3.63) is 41.9 Å². The average molecular weight is 234 g/mol. The normalized spacial score (nSPS) is 14.5. The summed E-state index contributed by atoms with van der Waals surface area (Å²) in [6.07, 6.45) is 6.31. The summed E-state index contributed by atoms with van der Waals surface area (Å²) in [5.41, 5.74) is 1.85. The molecule has 0 radical (unpaired) electrons. The van der Waals surface area contributed by atoms with Gasteiger partial charge in [0.1, 0.15) is 5.82 Å². The molecule has 1 aromatic rings. The minimum atomic E-state index is -0.316. The Morgan fingerprint density at radius 2 is 1.82 bits per heavy atom. The maximum Gasteiger partial charge on any atom is 0.323 e. The number of halogens is 1. The summed E-state index contributed by atoms with van der Waals surface area (Å²) in [7, 11) is 0. The van der Waals surface area contributed by atoms with Gasteiger partial charge in [0.25, 0.3) is 0 Å². The third-order valence-electron chi connectivity index (χ3n) is 2.76. The summed E-state index contributed by atoms with van der Waals surface area (Å²) in [4.78, 5) is 11.5. The standard InChI is InChI=1S/C13H15FN2O/c14-11-5-7-12(8-6-11)16-13(17)15-9-10-3-1-2-4-10/h5-9H,1-4H2,(H2,15,16,17). The number of urea groups is 1. The number of hydrogen-bond acceptors (Lipinski definition) is 1. The highest BCUT2D eigenvalue weighted by Crippen LogP contribution is 2.22. The van der Waals surface area contributed by atoms with Crippen LogP contribution in [0.25, 0.3) is 0 Å². The van der Waals surface area contributed by atoms with E-state index in [4.69, 9.17) is 0 Å². The highest BCUT2D eigenvalue weighted by molar-refractivity contribution is 5.89. The van der Waals surface area contributed by atoms with Gasteiger partial charge in [-0.15, -0.1) is 0 Å². The number of amides is 2. The fraction of sp³-hybridized carbons (Fsp3) is 0.308. The summed E-state index contributed by atoms with van der Waals surface area (Å²) >= 11 is 0. The zero-order chi connectivity index (χ0) is 12.1. The lowest BCUT2D eigenvalue weighted by atomic mass is 10.2. The Bertz CT molecular complexity index is 418. The van der Waals surface area contributed by atoms with Crippen LogP contribution in [-0.2, 0) is 0 Å². The van der Waals surface area contributed by atoms with Crippen LogP contribution in [0.5, 0.6) is 0 Å². The van der Waals surface area contributed by atoms with Crippen molar-refractivity contribution in [2.75, 3.05) is 5.32 Å². The molecule has 1 saturated carbocycles. The molecule has 2 amide bonds. The highest BCUT2D eigenvalue weighted by atomic mass is 19.1. The van der Waals surface area contributed by atoms with Crippen LogP contribution in [0, 0.1) is 5.82 Å². The number of anilines is 1. The van der Waals surface area contributed by atoms with Gasteiger partial charge >= 0.3 is 6.03 Å². The second-order valence-electron chi connectivity index (χ2n) is 4.12. The van der Waals surface area contributed by atoms with Crippen LogP contribution in [-0.4, -0.2) is 6.03 Å². The van der Waals surface area contributed by atoms with E-state index in [1.54, 1.807) is 6.20 Å². The molecule has 3 nitrogen and oxygen atoms in total. The molecule has 0 saturated heterocycles. The predicted octanol–water partition coefficient (Wildman–Crippen LogP) is 3.41. The smallest absolute Gasteiger partial charge is 0.314 e. The van der Waals surface area contributed by atoms with Gasteiger partial charge in [-0.05, 0) is 49.9 Å². The average Bonchev–Trinajstić information content (AvgIpc) is 2.83. The number of carbonyl (C=O) groups excluding carboxylic acids is 1. The molecule has 1 aliphatic carbocycles. The van der Waals surface area contributed by atoms with Crippen LogP contribution >= 0.6 is 0 Å². The Kier molecular flexibility index (Phi) is 3.75. The molecule has 0 aromatic heterocycles. The molecule has 4 heteroatoms. The molecule has 90 valence electrons. The molecule has 0 aliphatic heterocycles. The summed E-state index contributed by atoms with van der Waals surface area (Å²) in [5, 5.41) is 5.31. The Morgan fingerprint density at radius 1 is 1.18 bits per heavy atom.